The van der Waals surface area contributed by atoms with Crippen molar-refractivity contribution in [3.8, 4) is 5.75 Å². The zero-order valence-corrected chi connectivity index (χ0v) is 10.7. The van der Waals surface area contributed by atoms with Gasteiger partial charge in [-0.3, -0.25) is 0 Å². The Morgan fingerprint density at radius 3 is 2.82 bits per heavy atom. The second-order valence-electron chi connectivity index (χ2n) is 3.74. The van der Waals surface area contributed by atoms with Gasteiger partial charge < -0.3 is 14.9 Å². The Morgan fingerprint density at radius 1 is 1.35 bits per heavy atom. The molecule has 0 aliphatic heterocycles. The van der Waals surface area contributed by atoms with E-state index in [1.54, 1.807) is 25.1 Å². The second-order valence-corrected chi connectivity index (χ2v) is 4.76. The number of aryl methyl sites for hydroxylation is 1. The highest BCUT2D eigenvalue weighted by Crippen LogP contribution is 2.29. The zero-order valence-electron chi connectivity index (χ0n) is 9.90. The van der Waals surface area contributed by atoms with Crippen LogP contribution >= 0.6 is 11.8 Å². The Labute approximate surface area is 105 Å². The Hall–Kier alpha value is -1.55. The van der Waals surface area contributed by atoms with Gasteiger partial charge in [0, 0.05) is 22.4 Å². The van der Waals surface area contributed by atoms with E-state index in [0.717, 1.165) is 33.4 Å². The third-order valence-corrected chi connectivity index (χ3v) is 3.64. The first-order valence-corrected chi connectivity index (χ1v) is 6.28. The molecule has 0 saturated heterocycles. The molecule has 2 N–H and O–H groups in total. The molecule has 0 saturated carbocycles. The molecule has 4 heteroatoms. The van der Waals surface area contributed by atoms with Crippen LogP contribution in [0.4, 0.5) is 5.69 Å². The number of nitrogen functional groups attached to an aromatic ring is 1. The highest BCUT2D eigenvalue weighted by molar-refractivity contribution is 7.98. The number of methoxy groups -OCH3 is 1. The molecular weight excluding hydrogens is 234 g/mol. The van der Waals surface area contributed by atoms with Crippen molar-refractivity contribution >= 4 is 17.4 Å². The molecule has 17 heavy (non-hydrogen) atoms. The molecule has 90 valence electrons. The third-order valence-electron chi connectivity index (χ3n) is 2.43. The first-order valence-electron chi connectivity index (χ1n) is 5.29. The van der Waals surface area contributed by atoms with Crippen LogP contribution in [-0.4, -0.2) is 7.11 Å². The van der Waals surface area contributed by atoms with Crippen molar-refractivity contribution in [2.45, 2.75) is 17.6 Å². The smallest absolute Gasteiger partial charge is 0.121 e. The van der Waals surface area contributed by atoms with Crippen molar-refractivity contribution < 1.29 is 9.15 Å². The van der Waals surface area contributed by atoms with E-state index in [1.807, 2.05) is 31.2 Å². The summed E-state index contributed by atoms with van der Waals surface area (Å²) < 4.78 is 10.4. The first kappa shape index (κ1) is 11.9. The standard InChI is InChI=1S/C13H15NO2S/c1-9-13(3-4-16-9)17-8-10-5-11(14)7-12(6-10)15-2/h3-7H,8,14H2,1-2H3. The lowest BCUT2D eigenvalue weighted by Crippen LogP contribution is -1.91. The summed E-state index contributed by atoms with van der Waals surface area (Å²) in [7, 11) is 1.64. The van der Waals surface area contributed by atoms with Crippen LogP contribution in [0.3, 0.4) is 0 Å². The number of nitrogens with two attached hydrogens (primary N) is 1. The molecule has 1 aromatic carbocycles. The summed E-state index contributed by atoms with van der Waals surface area (Å²) in [6.45, 7) is 1.96. The number of hydrogen-bond acceptors (Lipinski definition) is 4. The Kier molecular flexibility index (Phi) is 3.64. The molecule has 0 aliphatic rings. The van der Waals surface area contributed by atoms with E-state index in [0.29, 0.717) is 0 Å². The van der Waals surface area contributed by atoms with Crippen LogP contribution in [0.25, 0.3) is 0 Å². The van der Waals surface area contributed by atoms with Crippen molar-refractivity contribution in [3.05, 3.63) is 41.9 Å². The van der Waals surface area contributed by atoms with Gasteiger partial charge in [0.25, 0.3) is 0 Å². The average Bonchev–Trinajstić information content (AvgIpc) is 2.71. The molecule has 0 bridgehead atoms. The number of benzene rings is 1. The van der Waals surface area contributed by atoms with E-state index in [4.69, 9.17) is 14.9 Å². The molecule has 0 atom stereocenters. The Balaban J connectivity index is 2.09. The van der Waals surface area contributed by atoms with Gasteiger partial charge in [0.2, 0.25) is 0 Å². The van der Waals surface area contributed by atoms with E-state index in [9.17, 15) is 0 Å². The minimum atomic E-state index is 0.726. The van der Waals surface area contributed by atoms with Crippen LogP contribution < -0.4 is 10.5 Å². The summed E-state index contributed by atoms with van der Waals surface area (Å²) in [5.74, 6) is 2.59. The van der Waals surface area contributed by atoms with Gasteiger partial charge >= 0.3 is 0 Å². The quantitative estimate of drug-likeness (QED) is 0.665. The maximum Gasteiger partial charge on any atom is 0.121 e. The molecule has 0 amide bonds. The Bertz CT molecular complexity index is 508. The van der Waals surface area contributed by atoms with Crippen LogP contribution in [0.1, 0.15) is 11.3 Å². The van der Waals surface area contributed by atoms with Crippen molar-refractivity contribution in [2.24, 2.45) is 0 Å². The number of anilines is 1. The van der Waals surface area contributed by atoms with Gasteiger partial charge in [-0.25, -0.2) is 0 Å². The molecule has 2 aromatic rings. The van der Waals surface area contributed by atoms with E-state index in [2.05, 4.69) is 0 Å². The van der Waals surface area contributed by atoms with E-state index < -0.39 is 0 Å². The topological polar surface area (TPSA) is 48.4 Å². The summed E-state index contributed by atoms with van der Waals surface area (Å²) in [5.41, 5.74) is 7.68. The van der Waals surface area contributed by atoms with Gasteiger partial charge in [0.05, 0.1) is 13.4 Å². The van der Waals surface area contributed by atoms with Crippen molar-refractivity contribution in [1.29, 1.82) is 0 Å². The number of hydrogen-bond donors (Lipinski definition) is 1. The largest absolute Gasteiger partial charge is 0.497 e. The normalized spacial score (nSPS) is 10.5. The van der Waals surface area contributed by atoms with E-state index in [-0.39, 0.29) is 0 Å². The number of rotatable bonds is 4. The number of thioether (sulfide) groups is 1. The molecule has 0 spiro atoms. The first-order chi connectivity index (χ1) is 8.19. The molecule has 3 nitrogen and oxygen atoms in total. The van der Waals surface area contributed by atoms with E-state index in [1.165, 1.54) is 0 Å². The SMILES string of the molecule is COc1cc(N)cc(CSc2ccoc2C)c1. The highest BCUT2D eigenvalue weighted by Gasteiger charge is 2.04. The lowest BCUT2D eigenvalue weighted by Gasteiger charge is -2.06. The minimum absolute atomic E-state index is 0.726. The summed E-state index contributed by atoms with van der Waals surface area (Å²) >= 11 is 1.73. The third kappa shape index (κ3) is 2.97. The molecule has 0 radical (unpaired) electrons. The van der Waals surface area contributed by atoms with Crippen LogP contribution in [0.15, 0.2) is 39.8 Å². The Morgan fingerprint density at radius 2 is 2.18 bits per heavy atom. The lowest BCUT2D eigenvalue weighted by molar-refractivity contribution is 0.414. The van der Waals surface area contributed by atoms with Gasteiger partial charge in [-0.05, 0) is 30.7 Å². The minimum Gasteiger partial charge on any atom is -0.497 e. The predicted molar refractivity (Wildman–Crippen MR) is 70.4 cm³/mol. The molecule has 0 unspecified atom stereocenters. The molecule has 2 rings (SSSR count). The second kappa shape index (κ2) is 5.19. The molecule has 0 aliphatic carbocycles. The molecule has 1 aromatic heterocycles. The molecule has 1 heterocycles. The van der Waals surface area contributed by atoms with Crippen molar-refractivity contribution in [2.75, 3.05) is 12.8 Å². The maximum atomic E-state index is 5.81. The molecule has 0 fully saturated rings. The summed E-state index contributed by atoms with van der Waals surface area (Å²) in [6.07, 6.45) is 1.71. The maximum absolute atomic E-state index is 5.81. The fraction of sp³-hybridized carbons (Fsp3) is 0.231. The fourth-order valence-electron chi connectivity index (χ4n) is 1.57. The van der Waals surface area contributed by atoms with Gasteiger partial charge in [-0.2, -0.15) is 0 Å². The monoisotopic (exact) mass is 249 g/mol. The summed E-state index contributed by atoms with van der Waals surface area (Å²) in [5, 5.41) is 0. The predicted octanol–water partition coefficient (Wildman–Crippen LogP) is 3.47. The van der Waals surface area contributed by atoms with Crippen molar-refractivity contribution in [3.63, 3.8) is 0 Å². The van der Waals surface area contributed by atoms with Gasteiger partial charge in [0.1, 0.15) is 11.5 Å². The lowest BCUT2D eigenvalue weighted by atomic mass is 10.2. The van der Waals surface area contributed by atoms with Gasteiger partial charge in [-0.15, -0.1) is 11.8 Å². The summed E-state index contributed by atoms with van der Waals surface area (Å²) in [6, 6.07) is 7.75. The highest BCUT2D eigenvalue weighted by atomic mass is 32.2. The van der Waals surface area contributed by atoms with Crippen LogP contribution in [-0.2, 0) is 5.75 Å². The summed E-state index contributed by atoms with van der Waals surface area (Å²) in [4.78, 5) is 1.16. The van der Waals surface area contributed by atoms with Gasteiger partial charge in [-0.1, -0.05) is 0 Å². The zero-order chi connectivity index (χ0) is 12.3. The number of ether oxygens (including phenoxy) is 1. The van der Waals surface area contributed by atoms with Crippen molar-refractivity contribution in [1.82, 2.24) is 0 Å². The van der Waals surface area contributed by atoms with Crippen LogP contribution in [0.5, 0.6) is 5.75 Å². The fourth-order valence-corrected chi connectivity index (χ4v) is 2.46. The average molecular weight is 249 g/mol. The van der Waals surface area contributed by atoms with Gasteiger partial charge in [0.15, 0.2) is 0 Å². The van der Waals surface area contributed by atoms with Crippen LogP contribution in [0.2, 0.25) is 0 Å². The van der Waals surface area contributed by atoms with Crippen LogP contribution in [0, 0.1) is 6.92 Å². The molecular formula is C13H15NO2S. The number of furan rings is 1. The van der Waals surface area contributed by atoms with E-state index >= 15 is 0 Å².